The van der Waals surface area contributed by atoms with E-state index in [1.807, 2.05) is 106 Å². The highest BCUT2D eigenvalue weighted by molar-refractivity contribution is 5.81. The quantitative estimate of drug-likeness (QED) is 0.103. The van der Waals surface area contributed by atoms with Crippen LogP contribution in [0, 0.1) is 25.5 Å². The lowest BCUT2D eigenvalue weighted by atomic mass is 9.93. The minimum absolute atomic E-state index is 0.121. The summed E-state index contributed by atoms with van der Waals surface area (Å²) in [4.78, 5) is 13.2. The van der Waals surface area contributed by atoms with Crippen LogP contribution in [0.4, 0.5) is 14.6 Å². The van der Waals surface area contributed by atoms with Crippen molar-refractivity contribution in [2.45, 2.75) is 84.6 Å². The number of hydrogen-bond donors (Lipinski definition) is 2. The smallest absolute Gasteiger partial charge is 0.201 e. The summed E-state index contributed by atoms with van der Waals surface area (Å²) >= 11 is 0. The van der Waals surface area contributed by atoms with Gasteiger partial charge < -0.3 is 30.3 Å². The summed E-state index contributed by atoms with van der Waals surface area (Å²) in [6, 6.07) is 29.9. The van der Waals surface area contributed by atoms with Gasteiger partial charge in [0.1, 0.15) is 28.8 Å². The van der Waals surface area contributed by atoms with E-state index in [9.17, 15) is 8.78 Å². The van der Waals surface area contributed by atoms with Crippen molar-refractivity contribution in [2.75, 3.05) is 26.2 Å². The summed E-state index contributed by atoms with van der Waals surface area (Å²) in [5, 5.41) is 8.31. The number of halogens is 2. The minimum atomic E-state index is -0.244. The maximum Gasteiger partial charge on any atom is 0.201 e. The predicted molar refractivity (Wildman–Crippen MR) is 239 cm³/mol. The van der Waals surface area contributed by atoms with Crippen LogP contribution in [0.5, 0.6) is 0 Å². The van der Waals surface area contributed by atoms with Crippen LogP contribution < -0.4 is 11.5 Å². The Morgan fingerprint density at radius 1 is 0.672 bits per heavy atom. The van der Waals surface area contributed by atoms with Crippen molar-refractivity contribution in [3.63, 3.8) is 0 Å². The van der Waals surface area contributed by atoms with Gasteiger partial charge in [-0.25, -0.2) is 13.8 Å². The molecule has 61 heavy (non-hydrogen) atoms. The molecule has 4 aromatic carbocycles. The molecule has 8 rings (SSSR count). The fraction of sp³-hybridized carbons (Fsp3) is 0.347. The van der Waals surface area contributed by atoms with Gasteiger partial charge in [-0.05, 0) is 93.2 Å². The van der Waals surface area contributed by atoms with E-state index in [1.54, 1.807) is 12.1 Å². The van der Waals surface area contributed by atoms with Crippen LogP contribution in [0.15, 0.2) is 116 Å². The molecular formula is C49H56F2N8O2. The standard InChI is InChI=1S/C25H29FN4O.C24H27FN4O/c1-17(20-11-12-21(22(26)15-20)19-9-5-3-6-10-19)24-18(2)23(29-31-24)16-28-25(27)30-13-7-4-8-14-30;1-17-22(30-28-23(17)27-24(26)29-14-6-3-7-15-29)13-11-18-10-12-20(21(25)16-18)19-8-4-2-5-9-19/h3,5-6,9-12,15,17H,4,7-8,13-14,16H2,1-2H3,(H2,27,28);2,4-5,8-10,12,16H,3,6-7,11,13-15H2,1H3,(H2,26,27,28). The highest BCUT2D eigenvalue weighted by Crippen LogP contribution is 2.32. The van der Waals surface area contributed by atoms with Crippen LogP contribution in [0.1, 0.15) is 90.8 Å². The molecule has 2 aliphatic heterocycles. The number of aryl methyl sites for hydroxylation is 2. The van der Waals surface area contributed by atoms with Gasteiger partial charge in [0.2, 0.25) is 5.82 Å². The number of benzene rings is 4. The number of piperidine rings is 2. The summed E-state index contributed by atoms with van der Waals surface area (Å²) < 4.78 is 40.6. The maximum absolute atomic E-state index is 14.8. The van der Waals surface area contributed by atoms with Crippen molar-refractivity contribution in [2.24, 2.45) is 21.5 Å². The fourth-order valence-electron chi connectivity index (χ4n) is 7.94. The molecule has 1 unspecified atom stereocenters. The summed E-state index contributed by atoms with van der Waals surface area (Å²) in [5.41, 5.74) is 19.6. The molecule has 0 saturated carbocycles. The van der Waals surface area contributed by atoms with Gasteiger partial charge in [-0.1, -0.05) is 102 Å². The zero-order chi connectivity index (χ0) is 42.7. The Morgan fingerprint density at radius 2 is 1.25 bits per heavy atom. The first-order valence-electron chi connectivity index (χ1n) is 21.4. The van der Waals surface area contributed by atoms with Gasteiger partial charge in [0.25, 0.3) is 0 Å². The van der Waals surface area contributed by atoms with E-state index >= 15 is 0 Å². The lowest BCUT2D eigenvalue weighted by molar-refractivity contribution is 0.337. The van der Waals surface area contributed by atoms with Gasteiger partial charge in [0.15, 0.2) is 11.9 Å². The molecule has 0 bridgehead atoms. The second-order valence-electron chi connectivity index (χ2n) is 15.9. The van der Waals surface area contributed by atoms with E-state index in [2.05, 4.69) is 30.1 Å². The maximum atomic E-state index is 14.8. The first kappa shape index (κ1) is 42.8. The van der Waals surface area contributed by atoms with Crippen LogP contribution in [0.2, 0.25) is 0 Å². The number of nitrogens with two attached hydrogens (primary N) is 2. The van der Waals surface area contributed by atoms with Crippen LogP contribution in [0.3, 0.4) is 0 Å². The summed E-state index contributed by atoms with van der Waals surface area (Å²) in [6.45, 7) is 10.1. The van der Waals surface area contributed by atoms with Crippen LogP contribution in [0.25, 0.3) is 22.3 Å². The highest BCUT2D eigenvalue weighted by atomic mass is 19.1. The molecule has 4 heterocycles. The Balaban J connectivity index is 0.000000184. The zero-order valence-corrected chi connectivity index (χ0v) is 35.4. The number of guanidine groups is 2. The molecule has 0 aliphatic carbocycles. The van der Waals surface area contributed by atoms with Gasteiger partial charge >= 0.3 is 0 Å². The van der Waals surface area contributed by atoms with Gasteiger partial charge in [-0.15, -0.1) is 0 Å². The molecule has 318 valence electrons. The number of rotatable bonds is 10. The van der Waals surface area contributed by atoms with E-state index < -0.39 is 0 Å². The molecule has 10 nitrogen and oxygen atoms in total. The van der Waals surface area contributed by atoms with E-state index in [4.69, 9.17) is 20.5 Å². The average Bonchev–Trinajstić information content (AvgIpc) is 3.85. The summed E-state index contributed by atoms with van der Waals surface area (Å²) in [7, 11) is 0. The highest BCUT2D eigenvalue weighted by Gasteiger charge is 2.22. The lowest BCUT2D eigenvalue weighted by Crippen LogP contribution is -2.40. The van der Waals surface area contributed by atoms with E-state index in [-0.39, 0.29) is 17.6 Å². The van der Waals surface area contributed by atoms with Crippen LogP contribution in [-0.4, -0.2) is 58.2 Å². The van der Waals surface area contributed by atoms with Crippen molar-refractivity contribution in [1.29, 1.82) is 0 Å². The Bertz CT molecular complexity index is 2420. The van der Waals surface area contributed by atoms with Crippen LogP contribution in [-0.2, 0) is 19.4 Å². The minimum Gasteiger partial charge on any atom is -0.370 e. The van der Waals surface area contributed by atoms with Crippen molar-refractivity contribution >= 4 is 17.7 Å². The van der Waals surface area contributed by atoms with Gasteiger partial charge in [-0.2, -0.15) is 4.99 Å². The van der Waals surface area contributed by atoms with E-state index in [0.29, 0.717) is 48.3 Å². The predicted octanol–water partition coefficient (Wildman–Crippen LogP) is 10.2. The number of nitrogens with zero attached hydrogens (tertiary/aromatic N) is 6. The third-order valence-corrected chi connectivity index (χ3v) is 11.8. The third kappa shape index (κ3) is 10.7. The van der Waals surface area contributed by atoms with Gasteiger partial charge in [0, 0.05) is 60.8 Å². The molecular weight excluding hydrogens is 771 g/mol. The van der Waals surface area contributed by atoms with E-state index in [0.717, 1.165) is 102 Å². The third-order valence-electron chi connectivity index (χ3n) is 11.8. The second-order valence-corrected chi connectivity index (χ2v) is 15.9. The van der Waals surface area contributed by atoms with Crippen molar-refractivity contribution < 1.29 is 17.8 Å². The molecule has 2 saturated heterocycles. The second kappa shape index (κ2) is 20.3. The molecule has 12 heteroatoms. The number of aromatic nitrogens is 2. The fourth-order valence-corrected chi connectivity index (χ4v) is 7.94. The normalized spacial score (nSPS) is 15.4. The summed E-state index contributed by atoms with van der Waals surface area (Å²) in [6.07, 6.45) is 8.36. The van der Waals surface area contributed by atoms with Gasteiger partial charge in [-0.3, -0.25) is 0 Å². The molecule has 6 aromatic rings. The van der Waals surface area contributed by atoms with Crippen molar-refractivity contribution in [3.8, 4) is 22.3 Å². The lowest BCUT2D eigenvalue weighted by Gasteiger charge is -2.27. The topological polar surface area (TPSA) is 135 Å². The Hall–Kier alpha value is -6.30. The van der Waals surface area contributed by atoms with E-state index in [1.165, 1.54) is 12.8 Å². The molecule has 4 N–H and O–H groups in total. The van der Waals surface area contributed by atoms with Gasteiger partial charge in [0.05, 0.1) is 6.54 Å². The summed E-state index contributed by atoms with van der Waals surface area (Å²) in [5.74, 6) is 2.50. The van der Waals surface area contributed by atoms with Crippen molar-refractivity contribution in [1.82, 2.24) is 20.1 Å². The first-order chi connectivity index (χ1) is 29.7. The first-order valence-corrected chi connectivity index (χ1v) is 21.4. The average molecular weight is 827 g/mol. The molecule has 0 radical (unpaired) electrons. The molecule has 2 fully saturated rings. The number of likely N-dealkylation sites (tertiary alicyclic amines) is 2. The molecule has 1 atom stereocenters. The molecule has 2 aliphatic rings. The molecule has 2 aromatic heterocycles. The molecule has 0 spiro atoms. The zero-order valence-electron chi connectivity index (χ0n) is 35.4. The number of hydrogen-bond acceptors (Lipinski definition) is 6. The molecule has 0 amide bonds. The Morgan fingerprint density at radius 3 is 1.84 bits per heavy atom. The number of aliphatic imine (C=N–C) groups is 2. The van der Waals surface area contributed by atoms with Crippen LogP contribution >= 0.6 is 0 Å². The monoisotopic (exact) mass is 826 g/mol. The van der Waals surface area contributed by atoms with Crippen molar-refractivity contribution in [3.05, 3.63) is 148 Å². The largest absolute Gasteiger partial charge is 0.370 e. The Labute approximate surface area is 357 Å². The Kier molecular flexibility index (Phi) is 14.3. The SMILES string of the molecule is Cc1c(CN=C(N)N2CCCCC2)noc1C(C)c1ccc(-c2ccccc2)c(F)c1.Cc1c(N=C(N)N2CCCCC2)noc1CCc1ccc(-c2ccccc2)c(F)c1.